The number of aryl methyl sites for hydroxylation is 1. The molecule has 2 heteroatoms. The molecule has 1 aromatic heterocycles. The molecule has 0 fully saturated rings. The van der Waals surface area contributed by atoms with Gasteiger partial charge in [0, 0.05) is 45.4 Å². The van der Waals surface area contributed by atoms with Crippen molar-refractivity contribution in [3.05, 3.63) is 200 Å². The lowest BCUT2D eigenvalue weighted by molar-refractivity contribution is 0.827. The number of hydrogen-bond acceptors (Lipinski definition) is 1. The highest BCUT2D eigenvalue weighted by molar-refractivity contribution is 6.15. The molecule has 9 aromatic rings. The van der Waals surface area contributed by atoms with Crippen LogP contribution in [0.3, 0.4) is 0 Å². The number of anilines is 3. The highest BCUT2D eigenvalue weighted by Crippen LogP contribution is 2.41. The zero-order valence-electron chi connectivity index (χ0n) is 29.2. The van der Waals surface area contributed by atoms with E-state index in [0.29, 0.717) is 0 Å². The maximum Gasteiger partial charge on any atom is 0.0497 e. The van der Waals surface area contributed by atoms with Gasteiger partial charge in [0.25, 0.3) is 0 Å². The SMILES string of the molecule is CCn1c2ccccc2c2c(-c3cccc(N(c4ccc(-c5ccccc5)cc4)c4ccc(-c5ccc(-c6ccccc6)cc5)cc4)c3)cccc21. The van der Waals surface area contributed by atoms with Gasteiger partial charge < -0.3 is 9.47 Å². The largest absolute Gasteiger partial charge is 0.341 e. The molecule has 0 N–H and O–H groups in total. The first-order valence-corrected chi connectivity index (χ1v) is 18.1. The number of nitrogens with zero attached hydrogens (tertiary/aromatic N) is 2. The van der Waals surface area contributed by atoms with Crippen LogP contribution in [0.5, 0.6) is 0 Å². The van der Waals surface area contributed by atoms with Crippen LogP contribution in [0.1, 0.15) is 6.92 Å². The van der Waals surface area contributed by atoms with Crippen molar-refractivity contribution in [3.63, 3.8) is 0 Å². The quantitative estimate of drug-likeness (QED) is 0.157. The monoisotopic (exact) mass is 666 g/mol. The van der Waals surface area contributed by atoms with E-state index in [9.17, 15) is 0 Å². The Hall–Kier alpha value is -6.64. The van der Waals surface area contributed by atoms with E-state index in [2.05, 4.69) is 217 Å². The van der Waals surface area contributed by atoms with E-state index >= 15 is 0 Å². The minimum absolute atomic E-state index is 0.924. The number of para-hydroxylation sites is 1. The Kier molecular flexibility index (Phi) is 8.19. The molecule has 0 aliphatic heterocycles. The number of aromatic nitrogens is 1. The van der Waals surface area contributed by atoms with E-state index in [-0.39, 0.29) is 0 Å². The van der Waals surface area contributed by atoms with Gasteiger partial charge in [-0.2, -0.15) is 0 Å². The molecule has 1 heterocycles. The number of rotatable bonds is 8. The summed E-state index contributed by atoms with van der Waals surface area (Å²) < 4.78 is 2.43. The second-order valence-corrected chi connectivity index (χ2v) is 13.2. The van der Waals surface area contributed by atoms with Gasteiger partial charge in [0.15, 0.2) is 0 Å². The Morgan fingerprint density at radius 2 is 0.808 bits per heavy atom. The molecule has 0 bridgehead atoms. The zero-order valence-corrected chi connectivity index (χ0v) is 29.2. The molecule has 0 saturated heterocycles. The molecule has 248 valence electrons. The smallest absolute Gasteiger partial charge is 0.0497 e. The van der Waals surface area contributed by atoms with Crippen molar-refractivity contribution in [1.82, 2.24) is 4.57 Å². The van der Waals surface area contributed by atoms with Crippen LogP contribution in [-0.2, 0) is 6.54 Å². The third-order valence-corrected chi connectivity index (χ3v) is 10.2. The van der Waals surface area contributed by atoms with Gasteiger partial charge in [0.1, 0.15) is 0 Å². The van der Waals surface area contributed by atoms with Gasteiger partial charge in [0.2, 0.25) is 0 Å². The maximum atomic E-state index is 2.43. The molecule has 0 aliphatic rings. The van der Waals surface area contributed by atoms with Crippen molar-refractivity contribution in [1.29, 1.82) is 0 Å². The summed E-state index contributed by atoms with van der Waals surface area (Å²) >= 11 is 0. The summed E-state index contributed by atoms with van der Waals surface area (Å²) in [7, 11) is 0. The molecule has 0 amide bonds. The standard InChI is InChI=1S/C50H38N2/c1-2-51-48-21-10-9-19-47(48)50-46(20-12-22-49(50)51)42-17-11-18-45(35-42)52(43-31-27-40(28-32-43)37-15-7-4-8-16-37)44-33-29-41(30-34-44)39-25-23-38(24-26-39)36-13-5-3-6-14-36/h3-35H,2H2,1H3. The maximum absolute atomic E-state index is 2.43. The van der Waals surface area contributed by atoms with E-state index in [0.717, 1.165) is 23.6 Å². The molecule has 52 heavy (non-hydrogen) atoms. The Balaban J connectivity index is 1.13. The Morgan fingerprint density at radius 1 is 0.365 bits per heavy atom. The van der Waals surface area contributed by atoms with Crippen molar-refractivity contribution in [2.45, 2.75) is 13.5 Å². The molecular formula is C50H38N2. The fourth-order valence-electron chi connectivity index (χ4n) is 7.66. The topological polar surface area (TPSA) is 8.17 Å². The van der Waals surface area contributed by atoms with Crippen LogP contribution in [0.15, 0.2) is 200 Å². The predicted octanol–water partition coefficient (Wildman–Crippen LogP) is 14.0. The van der Waals surface area contributed by atoms with Crippen LogP contribution in [0.4, 0.5) is 17.1 Å². The summed E-state index contributed by atoms with van der Waals surface area (Å²) in [5.74, 6) is 0. The van der Waals surface area contributed by atoms with E-state index in [4.69, 9.17) is 0 Å². The molecule has 0 spiro atoms. The number of fused-ring (bicyclic) bond motifs is 3. The van der Waals surface area contributed by atoms with Crippen molar-refractivity contribution in [3.8, 4) is 44.5 Å². The Labute approximate surface area is 305 Å². The van der Waals surface area contributed by atoms with Crippen LogP contribution < -0.4 is 4.90 Å². The van der Waals surface area contributed by atoms with Crippen LogP contribution >= 0.6 is 0 Å². The molecule has 0 unspecified atom stereocenters. The lowest BCUT2D eigenvalue weighted by Crippen LogP contribution is -2.10. The van der Waals surface area contributed by atoms with Crippen LogP contribution in [0, 0.1) is 0 Å². The third kappa shape index (κ3) is 5.75. The molecule has 0 aliphatic carbocycles. The van der Waals surface area contributed by atoms with Crippen LogP contribution in [0.25, 0.3) is 66.3 Å². The van der Waals surface area contributed by atoms with E-state index in [1.54, 1.807) is 0 Å². The number of hydrogen-bond donors (Lipinski definition) is 0. The molecule has 0 saturated carbocycles. The van der Waals surface area contributed by atoms with E-state index < -0.39 is 0 Å². The second-order valence-electron chi connectivity index (χ2n) is 13.2. The van der Waals surface area contributed by atoms with E-state index in [1.165, 1.54) is 66.3 Å². The molecule has 2 nitrogen and oxygen atoms in total. The highest BCUT2D eigenvalue weighted by Gasteiger charge is 2.17. The fourth-order valence-corrected chi connectivity index (χ4v) is 7.66. The molecule has 9 rings (SSSR count). The van der Waals surface area contributed by atoms with Gasteiger partial charge >= 0.3 is 0 Å². The molecular weight excluding hydrogens is 629 g/mol. The average Bonchev–Trinajstić information content (AvgIpc) is 3.56. The minimum atomic E-state index is 0.924. The summed E-state index contributed by atoms with van der Waals surface area (Å²) in [6.07, 6.45) is 0. The first-order chi connectivity index (χ1) is 25.7. The Bertz CT molecular complexity index is 2620. The van der Waals surface area contributed by atoms with E-state index in [1.807, 2.05) is 0 Å². The lowest BCUT2D eigenvalue weighted by Gasteiger charge is -2.26. The van der Waals surface area contributed by atoms with Crippen molar-refractivity contribution in [2.24, 2.45) is 0 Å². The fraction of sp³-hybridized carbons (Fsp3) is 0.0400. The van der Waals surface area contributed by atoms with Gasteiger partial charge in [-0.15, -0.1) is 0 Å². The summed E-state index contributed by atoms with van der Waals surface area (Å²) in [6.45, 7) is 3.15. The van der Waals surface area contributed by atoms with Crippen molar-refractivity contribution < 1.29 is 0 Å². The Morgan fingerprint density at radius 3 is 1.37 bits per heavy atom. The summed E-state index contributed by atoms with van der Waals surface area (Å²) in [4.78, 5) is 2.37. The molecule has 8 aromatic carbocycles. The van der Waals surface area contributed by atoms with Gasteiger partial charge in [0.05, 0.1) is 0 Å². The minimum Gasteiger partial charge on any atom is -0.341 e. The van der Waals surface area contributed by atoms with Gasteiger partial charge in [-0.1, -0.05) is 152 Å². The van der Waals surface area contributed by atoms with Crippen molar-refractivity contribution in [2.75, 3.05) is 4.90 Å². The summed E-state index contributed by atoms with van der Waals surface area (Å²) in [5, 5.41) is 2.60. The number of benzene rings is 8. The molecule has 0 atom stereocenters. The second kappa shape index (κ2) is 13.6. The predicted molar refractivity (Wildman–Crippen MR) is 222 cm³/mol. The summed E-state index contributed by atoms with van der Waals surface area (Å²) in [5.41, 5.74) is 15.6. The van der Waals surface area contributed by atoms with Crippen LogP contribution in [0.2, 0.25) is 0 Å². The van der Waals surface area contributed by atoms with Gasteiger partial charge in [-0.3, -0.25) is 0 Å². The normalized spacial score (nSPS) is 11.2. The lowest BCUT2D eigenvalue weighted by atomic mass is 9.98. The van der Waals surface area contributed by atoms with Gasteiger partial charge in [-0.05, 0) is 100.0 Å². The van der Waals surface area contributed by atoms with Crippen molar-refractivity contribution >= 4 is 38.9 Å². The zero-order chi connectivity index (χ0) is 34.9. The first kappa shape index (κ1) is 31.3. The summed E-state index contributed by atoms with van der Waals surface area (Å²) in [6, 6.07) is 72.4. The van der Waals surface area contributed by atoms with Crippen LogP contribution in [-0.4, -0.2) is 4.57 Å². The highest BCUT2D eigenvalue weighted by atomic mass is 15.1. The first-order valence-electron chi connectivity index (χ1n) is 18.1. The average molecular weight is 667 g/mol. The third-order valence-electron chi connectivity index (χ3n) is 10.2. The van der Waals surface area contributed by atoms with Gasteiger partial charge in [-0.25, -0.2) is 0 Å². The molecule has 0 radical (unpaired) electrons.